The van der Waals surface area contributed by atoms with E-state index in [1.807, 2.05) is 23.9 Å². The van der Waals surface area contributed by atoms with E-state index in [1.54, 1.807) is 6.33 Å². The molecular weight excluding hydrogens is 288 g/mol. The summed E-state index contributed by atoms with van der Waals surface area (Å²) < 4.78 is 8.17. The van der Waals surface area contributed by atoms with Crippen molar-refractivity contribution in [2.24, 2.45) is 7.05 Å². The van der Waals surface area contributed by atoms with E-state index in [9.17, 15) is 0 Å². The molecule has 2 aromatic heterocycles. The Morgan fingerprint density at radius 2 is 2.09 bits per heavy atom. The molecule has 0 saturated heterocycles. The third-order valence-corrected chi connectivity index (χ3v) is 4.40. The van der Waals surface area contributed by atoms with E-state index >= 15 is 0 Å². The Morgan fingerprint density at radius 3 is 2.87 bits per heavy atom. The summed E-state index contributed by atoms with van der Waals surface area (Å²) in [6.07, 6.45) is 7.47. The van der Waals surface area contributed by atoms with Crippen molar-refractivity contribution in [3.63, 3.8) is 0 Å². The van der Waals surface area contributed by atoms with Gasteiger partial charge in [0.25, 0.3) is 0 Å². The molecule has 0 aliphatic heterocycles. The zero-order valence-corrected chi connectivity index (χ0v) is 13.4. The van der Waals surface area contributed by atoms with E-state index in [4.69, 9.17) is 4.74 Å². The van der Waals surface area contributed by atoms with Crippen molar-refractivity contribution in [1.29, 1.82) is 0 Å². The Labute approximate surface area is 135 Å². The van der Waals surface area contributed by atoms with Crippen LogP contribution in [0.25, 0.3) is 11.0 Å². The molecule has 4 rings (SSSR count). The maximum atomic E-state index is 6.15. The summed E-state index contributed by atoms with van der Waals surface area (Å²) in [5.41, 5.74) is 4.06. The predicted octanol–water partition coefficient (Wildman–Crippen LogP) is 3.95. The van der Waals surface area contributed by atoms with Gasteiger partial charge in [0.15, 0.2) is 5.82 Å². The van der Waals surface area contributed by atoms with Gasteiger partial charge in [0.1, 0.15) is 17.6 Å². The minimum absolute atomic E-state index is 0.345. The first-order chi connectivity index (χ1) is 11.2. The molecule has 0 spiro atoms. The van der Waals surface area contributed by atoms with Crippen molar-refractivity contribution < 1.29 is 4.74 Å². The van der Waals surface area contributed by atoms with Crippen LogP contribution in [0.15, 0.2) is 36.8 Å². The Hall–Kier alpha value is -2.56. The maximum absolute atomic E-state index is 6.15. The minimum Gasteiger partial charge on any atom is -0.488 e. The lowest BCUT2D eigenvalue weighted by Crippen LogP contribution is -2.24. The summed E-state index contributed by atoms with van der Waals surface area (Å²) in [5.74, 6) is 1.69. The smallest absolute Gasteiger partial charge is 0.158 e. The van der Waals surface area contributed by atoms with Crippen LogP contribution in [0.3, 0.4) is 0 Å². The number of fused-ring (bicyclic) bond motifs is 1. The van der Waals surface area contributed by atoms with Gasteiger partial charge in [0.2, 0.25) is 0 Å². The molecular formula is C18H20N4O. The number of aromatic nitrogens is 3. The number of hydrogen-bond acceptors (Lipinski definition) is 4. The van der Waals surface area contributed by atoms with E-state index in [0.717, 1.165) is 41.1 Å². The van der Waals surface area contributed by atoms with Crippen molar-refractivity contribution >= 4 is 22.5 Å². The summed E-state index contributed by atoms with van der Waals surface area (Å²) in [7, 11) is 2.00. The second-order valence-electron chi connectivity index (χ2n) is 6.18. The summed E-state index contributed by atoms with van der Waals surface area (Å²) in [4.78, 5) is 8.72. The highest BCUT2D eigenvalue weighted by atomic mass is 16.5. The van der Waals surface area contributed by atoms with Crippen molar-refractivity contribution in [3.05, 3.63) is 42.4 Å². The Balaban J connectivity index is 1.71. The molecule has 1 saturated carbocycles. The molecule has 0 radical (unpaired) electrons. The second kappa shape index (κ2) is 5.57. The summed E-state index contributed by atoms with van der Waals surface area (Å²) >= 11 is 0. The van der Waals surface area contributed by atoms with Gasteiger partial charge in [-0.1, -0.05) is 6.07 Å². The predicted molar refractivity (Wildman–Crippen MR) is 91.2 cm³/mol. The summed E-state index contributed by atoms with van der Waals surface area (Å²) in [6.45, 7) is 2.08. The summed E-state index contributed by atoms with van der Waals surface area (Å²) in [6, 6.07) is 8.21. The maximum Gasteiger partial charge on any atom is 0.158 e. The average Bonchev–Trinajstić information content (AvgIpc) is 2.88. The Bertz CT molecular complexity index is 851. The normalized spacial score (nSPS) is 14.7. The van der Waals surface area contributed by atoms with Crippen LogP contribution in [0.1, 0.15) is 24.8 Å². The van der Waals surface area contributed by atoms with Gasteiger partial charge in [-0.05, 0) is 49.9 Å². The SMILES string of the molecule is Cc1ccc(Nc2ncnc3ccn(C)c23)c(OC2CCC2)c1. The fourth-order valence-electron chi connectivity index (χ4n) is 2.84. The lowest BCUT2D eigenvalue weighted by Gasteiger charge is -2.27. The van der Waals surface area contributed by atoms with Gasteiger partial charge in [-0.3, -0.25) is 0 Å². The number of hydrogen-bond donors (Lipinski definition) is 1. The molecule has 5 heteroatoms. The number of rotatable bonds is 4. The van der Waals surface area contributed by atoms with Gasteiger partial charge < -0.3 is 14.6 Å². The molecule has 0 bridgehead atoms. The molecule has 0 unspecified atom stereocenters. The number of nitrogens with one attached hydrogen (secondary N) is 1. The highest BCUT2D eigenvalue weighted by molar-refractivity contribution is 5.88. The lowest BCUT2D eigenvalue weighted by molar-refractivity contribution is 0.121. The van der Waals surface area contributed by atoms with E-state index in [2.05, 4.69) is 40.4 Å². The minimum atomic E-state index is 0.345. The molecule has 1 aliphatic rings. The third-order valence-electron chi connectivity index (χ3n) is 4.40. The van der Waals surface area contributed by atoms with Gasteiger partial charge in [-0.2, -0.15) is 0 Å². The van der Waals surface area contributed by atoms with Crippen LogP contribution in [-0.4, -0.2) is 20.6 Å². The van der Waals surface area contributed by atoms with Crippen molar-refractivity contribution in [2.45, 2.75) is 32.3 Å². The molecule has 1 N–H and O–H groups in total. The van der Waals surface area contributed by atoms with Gasteiger partial charge in [-0.15, -0.1) is 0 Å². The van der Waals surface area contributed by atoms with Crippen molar-refractivity contribution in [3.8, 4) is 5.75 Å². The number of ether oxygens (including phenoxy) is 1. The number of anilines is 2. The average molecular weight is 308 g/mol. The number of benzene rings is 1. The van der Waals surface area contributed by atoms with Gasteiger partial charge in [-0.25, -0.2) is 9.97 Å². The van der Waals surface area contributed by atoms with Crippen LogP contribution in [-0.2, 0) is 7.05 Å². The molecule has 1 aromatic carbocycles. The van der Waals surface area contributed by atoms with Crippen molar-refractivity contribution in [2.75, 3.05) is 5.32 Å². The largest absolute Gasteiger partial charge is 0.488 e. The molecule has 0 amide bonds. The zero-order valence-electron chi connectivity index (χ0n) is 13.4. The van der Waals surface area contributed by atoms with Crippen LogP contribution in [0.2, 0.25) is 0 Å². The number of aryl methyl sites for hydroxylation is 2. The fourth-order valence-corrected chi connectivity index (χ4v) is 2.84. The molecule has 2 heterocycles. The van der Waals surface area contributed by atoms with Crippen LogP contribution in [0, 0.1) is 6.92 Å². The molecule has 3 aromatic rings. The monoisotopic (exact) mass is 308 g/mol. The zero-order chi connectivity index (χ0) is 15.8. The quantitative estimate of drug-likeness (QED) is 0.793. The molecule has 1 fully saturated rings. The Morgan fingerprint density at radius 1 is 1.22 bits per heavy atom. The van der Waals surface area contributed by atoms with E-state index in [0.29, 0.717) is 6.10 Å². The molecule has 0 atom stereocenters. The van der Waals surface area contributed by atoms with Crippen LogP contribution in [0.4, 0.5) is 11.5 Å². The molecule has 118 valence electrons. The summed E-state index contributed by atoms with van der Waals surface area (Å²) in [5, 5.41) is 3.43. The van der Waals surface area contributed by atoms with Gasteiger partial charge >= 0.3 is 0 Å². The first-order valence-corrected chi connectivity index (χ1v) is 8.01. The van der Waals surface area contributed by atoms with Crippen molar-refractivity contribution in [1.82, 2.24) is 14.5 Å². The first-order valence-electron chi connectivity index (χ1n) is 8.01. The standard InChI is InChI=1S/C18H20N4O/c1-12-6-7-14(16(10-12)23-13-4-3-5-13)21-18-17-15(19-11-20-18)8-9-22(17)2/h6-11,13H,3-5H2,1-2H3,(H,19,20,21). The topological polar surface area (TPSA) is 52.0 Å². The first kappa shape index (κ1) is 14.1. The molecule has 5 nitrogen and oxygen atoms in total. The third kappa shape index (κ3) is 2.63. The van der Waals surface area contributed by atoms with Crippen LogP contribution >= 0.6 is 0 Å². The van der Waals surface area contributed by atoms with Crippen LogP contribution < -0.4 is 10.1 Å². The molecule has 1 aliphatic carbocycles. The van der Waals surface area contributed by atoms with Gasteiger partial charge in [0.05, 0.1) is 17.3 Å². The highest BCUT2D eigenvalue weighted by Gasteiger charge is 2.21. The van der Waals surface area contributed by atoms with E-state index in [1.165, 1.54) is 12.0 Å². The second-order valence-corrected chi connectivity index (χ2v) is 6.18. The molecule has 23 heavy (non-hydrogen) atoms. The Kier molecular flexibility index (Phi) is 3.41. The fraction of sp³-hybridized carbons (Fsp3) is 0.333. The lowest BCUT2D eigenvalue weighted by atomic mass is 9.96. The van der Waals surface area contributed by atoms with Gasteiger partial charge in [0, 0.05) is 13.2 Å². The van der Waals surface area contributed by atoms with E-state index < -0.39 is 0 Å². The highest BCUT2D eigenvalue weighted by Crippen LogP contribution is 2.34. The van der Waals surface area contributed by atoms with E-state index in [-0.39, 0.29) is 0 Å². The number of nitrogens with zero attached hydrogens (tertiary/aromatic N) is 3. The van der Waals surface area contributed by atoms with Crippen LogP contribution in [0.5, 0.6) is 5.75 Å².